The van der Waals surface area contributed by atoms with E-state index in [4.69, 9.17) is 10.8 Å². The molecule has 1 aromatic carbocycles. The van der Waals surface area contributed by atoms with Gasteiger partial charge in [-0.15, -0.1) is 0 Å². The summed E-state index contributed by atoms with van der Waals surface area (Å²) in [6, 6.07) is 9.65. The third kappa shape index (κ3) is 3.18. The molecule has 0 amide bonds. The standard InChI is InChI=1S/C11H15NO2/c12-7-6-10(8-11(13)14)9-4-2-1-3-5-9/h1-5,10H,6-8,12H2,(H,13,14)/t10-/m0/s1. The number of carboxylic acids is 1. The maximum atomic E-state index is 10.6. The van der Waals surface area contributed by atoms with Crippen LogP contribution in [-0.2, 0) is 4.79 Å². The fourth-order valence-corrected chi connectivity index (χ4v) is 1.52. The van der Waals surface area contributed by atoms with Crippen LogP contribution in [0, 0.1) is 0 Å². The molecule has 0 aliphatic heterocycles. The monoisotopic (exact) mass is 193 g/mol. The van der Waals surface area contributed by atoms with E-state index in [1.165, 1.54) is 0 Å². The second-order valence-corrected chi connectivity index (χ2v) is 3.28. The molecule has 14 heavy (non-hydrogen) atoms. The Morgan fingerprint density at radius 1 is 1.36 bits per heavy atom. The van der Waals surface area contributed by atoms with Gasteiger partial charge in [0.15, 0.2) is 0 Å². The van der Waals surface area contributed by atoms with Crippen molar-refractivity contribution in [3.05, 3.63) is 35.9 Å². The van der Waals surface area contributed by atoms with Crippen LogP contribution >= 0.6 is 0 Å². The Kier molecular flexibility index (Phi) is 4.13. The van der Waals surface area contributed by atoms with Gasteiger partial charge in [0.05, 0.1) is 6.42 Å². The summed E-state index contributed by atoms with van der Waals surface area (Å²) >= 11 is 0. The highest BCUT2D eigenvalue weighted by atomic mass is 16.4. The number of carbonyl (C=O) groups is 1. The van der Waals surface area contributed by atoms with Gasteiger partial charge in [-0.2, -0.15) is 0 Å². The van der Waals surface area contributed by atoms with Gasteiger partial charge in [-0.1, -0.05) is 30.3 Å². The summed E-state index contributed by atoms with van der Waals surface area (Å²) in [4.78, 5) is 10.6. The summed E-state index contributed by atoms with van der Waals surface area (Å²) in [5.74, 6) is -0.731. The predicted molar refractivity (Wildman–Crippen MR) is 55.1 cm³/mol. The van der Waals surface area contributed by atoms with Crippen LogP contribution in [0.4, 0.5) is 0 Å². The Morgan fingerprint density at radius 3 is 2.50 bits per heavy atom. The second kappa shape index (κ2) is 5.40. The Balaban J connectivity index is 2.72. The van der Waals surface area contributed by atoms with Gasteiger partial charge in [0, 0.05) is 0 Å². The van der Waals surface area contributed by atoms with Crippen LogP contribution in [0.1, 0.15) is 24.3 Å². The van der Waals surface area contributed by atoms with E-state index in [0.29, 0.717) is 6.54 Å². The Hall–Kier alpha value is -1.35. The van der Waals surface area contributed by atoms with Crippen molar-refractivity contribution in [3.8, 4) is 0 Å². The normalized spacial score (nSPS) is 12.4. The van der Waals surface area contributed by atoms with Gasteiger partial charge in [-0.3, -0.25) is 4.79 Å². The fraction of sp³-hybridized carbons (Fsp3) is 0.364. The number of aliphatic carboxylic acids is 1. The molecule has 1 atom stereocenters. The number of hydrogen-bond acceptors (Lipinski definition) is 2. The van der Waals surface area contributed by atoms with Crippen LogP contribution in [0.25, 0.3) is 0 Å². The Labute approximate surface area is 83.6 Å². The largest absolute Gasteiger partial charge is 0.481 e. The highest BCUT2D eigenvalue weighted by Gasteiger charge is 2.13. The average molecular weight is 193 g/mol. The molecular weight excluding hydrogens is 178 g/mol. The second-order valence-electron chi connectivity index (χ2n) is 3.28. The zero-order valence-electron chi connectivity index (χ0n) is 8.02. The molecule has 3 nitrogen and oxygen atoms in total. The summed E-state index contributed by atoms with van der Waals surface area (Å²) in [6.07, 6.45) is 0.873. The first-order valence-corrected chi connectivity index (χ1v) is 4.71. The van der Waals surface area contributed by atoms with Gasteiger partial charge >= 0.3 is 5.97 Å². The van der Waals surface area contributed by atoms with Gasteiger partial charge in [0.1, 0.15) is 0 Å². The number of hydrogen-bond donors (Lipinski definition) is 2. The van der Waals surface area contributed by atoms with Crippen molar-refractivity contribution < 1.29 is 9.90 Å². The van der Waals surface area contributed by atoms with Crippen molar-refractivity contribution in [3.63, 3.8) is 0 Å². The first kappa shape index (κ1) is 10.7. The van der Waals surface area contributed by atoms with E-state index in [1.807, 2.05) is 30.3 Å². The zero-order valence-corrected chi connectivity index (χ0v) is 8.02. The average Bonchev–Trinajstić information content (AvgIpc) is 2.18. The lowest BCUT2D eigenvalue weighted by atomic mass is 9.93. The molecule has 0 unspecified atom stereocenters. The van der Waals surface area contributed by atoms with Gasteiger partial charge in [0.2, 0.25) is 0 Å². The topological polar surface area (TPSA) is 63.3 Å². The lowest BCUT2D eigenvalue weighted by Crippen LogP contribution is -2.11. The van der Waals surface area contributed by atoms with Gasteiger partial charge in [0.25, 0.3) is 0 Å². The van der Waals surface area contributed by atoms with Crippen LogP contribution in [0.2, 0.25) is 0 Å². The summed E-state index contributed by atoms with van der Waals surface area (Å²) in [7, 11) is 0. The quantitative estimate of drug-likeness (QED) is 0.746. The Morgan fingerprint density at radius 2 is 2.00 bits per heavy atom. The molecule has 0 saturated heterocycles. The van der Waals surface area contributed by atoms with Gasteiger partial charge in [-0.05, 0) is 24.4 Å². The Bertz CT molecular complexity index is 285. The molecule has 1 aromatic rings. The van der Waals surface area contributed by atoms with Crippen molar-refractivity contribution in [1.82, 2.24) is 0 Å². The molecule has 0 aromatic heterocycles. The van der Waals surface area contributed by atoms with E-state index in [2.05, 4.69) is 0 Å². The van der Waals surface area contributed by atoms with Crippen molar-refractivity contribution in [2.45, 2.75) is 18.8 Å². The molecule has 0 heterocycles. The van der Waals surface area contributed by atoms with Crippen LogP contribution in [0.5, 0.6) is 0 Å². The molecule has 3 heteroatoms. The van der Waals surface area contributed by atoms with E-state index in [1.54, 1.807) is 0 Å². The lowest BCUT2D eigenvalue weighted by Gasteiger charge is -2.13. The van der Waals surface area contributed by atoms with E-state index < -0.39 is 5.97 Å². The summed E-state index contributed by atoms with van der Waals surface area (Å²) in [5, 5.41) is 8.73. The molecule has 0 fully saturated rings. The third-order valence-corrected chi connectivity index (χ3v) is 2.21. The maximum absolute atomic E-state index is 10.6. The molecule has 0 radical (unpaired) electrons. The fourth-order valence-electron chi connectivity index (χ4n) is 1.52. The van der Waals surface area contributed by atoms with Crippen molar-refractivity contribution in [2.75, 3.05) is 6.54 Å². The molecule has 3 N–H and O–H groups in total. The number of rotatable bonds is 5. The van der Waals surface area contributed by atoms with Crippen LogP contribution in [0.15, 0.2) is 30.3 Å². The van der Waals surface area contributed by atoms with Crippen molar-refractivity contribution >= 4 is 5.97 Å². The zero-order chi connectivity index (χ0) is 10.4. The van der Waals surface area contributed by atoms with Crippen LogP contribution in [-0.4, -0.2) is 17.6 Å². The summed E-state index contributed by atoms with van der Waals surface area (Å²) in [5.41, 5.74) is 6.51. The SMILES string of the molecule is NCC[C@@H](CC(=O)O)c1ccccc1. The number of carboxylic acid groups (broad SMARTS) is 1. The van der Waals surface area contributed by atoms with E-state index >= 15 is 0 Å². The minimum atomic E-state index is -0.771. The molecule has 0 saturated carbocycles. The molecular formula is C11H15NO2. The number of nitrogens with two attached hydrogens (primary N) is 1. The minimum absolute atomic E-state index is 0.0405. The molecule has 0 aliphatic rings. The first-order valence-electron chi connectivity index (χ1n) is 4.71. The van der Waals surface area contributed by atoms with Crippen LogP contribution in [0.3, 0.4) is 0 Å². The van der Waals surface area contributed by atoms with Gasteiger partial charge in [-0.25, -0.2) is 0 Å². The highest BCUT2D eigenvalue weighted by molar-refractivity contribution is 5.68. The molecule has 0 aliphatic carbocycles. The minimum Gasteiger partial charge on any atom is -0.481 e. The van der Waals surface area contributed by atoms with Crippen molar-refractivity contribution in [2.24, 2.45) is 5.73 Å². The van der Waals surface area contributed by atoms with E-state index in [0.717, 1.165) is 12.0 Å². The molecule has 0 spiro atoms. The van der Waals surface area contributed by atoms with Crippen LogP contribution < -0.4 is 5.73 Å². The highest BCUT2D eigenvalue weighted by Crippen LogP contribution is 2.22. The molecule has 76 valence electrons. The van der Waals surface area contributed by atoms with Gasteiger partial charge < -0.3 is 10.8 Å². The number of benzene rings is 1. The first-order chi connectivity index (χ1) is 6.74. The molecule has 1 rings (SSSR count). The lowest BCUT2D eigenvalue weighted by molar-refractivity contribution is -0.137. The third-order valence-electron chi connectivity index (χ3n) is 2.21. The van der Waals surface area contributed by atoms with E-state index in [9.17, 15) is 4.79 Å². The smallest absolute Gasteiger partial charge is 0.303 e. The summed E-state index contributed by atoms with van der Waals surface area (Å²) < 4.78 is 0. The van der Waals surface area contributed by atoms with E-state index in [-0.39, 0.29) is 12.3 Å². The molecule has 0 bridgehead atoms. The summed E-state index contributed by atoms with van der Waals surface area (Å²) in [6.45, 7) is 0.521. The maximum Gasteiger partial charge on any atom is 0.303 e. The predicted octanol–water partition coefficient (Wildman–Crippen LogP) is 1.59. The van der Waals surface area contributed by atoms with Crippen molar-refractivity contribution in [1.29, 1.82) is 0 Å².